The Labute approximate surface area is 96.0 Å². The largest absolute Gasteiger partial charge is 0.497 e. The van der Waals surface area contributed by atoms with E-state index in [0.717, 1.165) is 6.54 Å². The first-order valence-electron chi connectivity index (χ1n) is 5.20. The van der Waals surface area contributed by atoms with Crippen molar-refractivity contribution in [3.8, 4) is 0 Å². The Bertz CT molecular complexity index is 379. The van der Waals surface area contributed by atoms with Crippen molar-refractivity contribution in [1.82, 2.24) is 4.57 Å². The van der Waals surface area contributed by atoms with Crippen LogP contribution < -0.4 is 4.57 Å². The van der Waals surface area contributed by atoms with E-state index in [-0.39, 0.29) is 0 Å². The van der Waals surface area contributed by atoms with Crippen LogP contribution >= 0.6 is 0 Å². The summed E-state index contributed by atoms with van der Waals surface area (Å²) < 4.78 is 9.34. The number of hydrogen-bond donors (Lipinski definition) is 1. The zero-order valence-corrected chi connectivity index (χ0v) is 9.60. The molecule has 0 aliphatic carbocycles. The average molecular weight is 220 g/mol. The minimum absolute atomic E-state index is 0.497. The van der Waals surface area contributed by atoms with Crippen LogP contribution in [0.1, 0.15) is 6.42 Å². The highest BCUT2D eigenvalue weighted by molar-refractivity contribution is 5.92. The molecule has 0 saturated carbocycles. The van der Waals surface area contributed by atoms with Crippen LogP contribution in [0.15, 0.2) is 43.7 Å². The van der Waals surface area contributed by atoms with E-state index < -0.39 is 0 Å². The molecule has 0 bridgehead atoms. The van der Waals surface area contributed by atoms with E-state index in [1.807, 2.05) is 36.4 Å². The number of nitrogens with zero attached hydrogens (tertiary/aromatic N) is 2. The number of aryl methyl sites for hydroxylation is 1. The standard InChI is InChI=1S/C12H18N3O/c1-3-12(13)5-4-9-16-10-8-15-7-6-14(2)11-15/h3-4,6-7,9,11,13H,1,5,8,10H2,2H3/q+1. The first-order valence-corrected chi connectivity index (χ1v) is 5.20. The molecule has 0 aliphatic rings. The lowest BCUT2D eigenvalue weighted by Gasteiger charge is -1.97. The molecule has 1 N–H and O–H groups in total. The topological polar surface area (TPSA) is 41.9 Å². The number of aromatic nitrogens is 2. The fourth-order valence-electron chi connectivity index (χ4n) is 1.19. The molecule has 86 valence electrons. The molecule has 0 spiro atoms. The normalized spacial score (nSPS) is 10.6. The summed E-state index contributed by atoms with van der Waals surface area (Å²) in [4.78, 5) is 0. The van der Waals surface area contributed by atoms with Gasteiger partial charge < -0.3 is 10.1 Å². The maximum Gasteiger partial charge on any atom is 0.243 e. The summed E-state index contributed by atoms with van der Waals surface area (Å²) in [5.74, 6) is 0. The smallest absolute Gasteiger partial charge is 0.243 e. The summed E-state index contributed by atoms with van der Waals surface area (Å²) in [6.45, 7) is 4.97. The van der Waals surface area contributed by atoms with Crippen molar-refractivity contribution >= 4 is 5.71 Å². The molecule has 1 aromatic rings. The lowest BCUT2D eigenvalue weighted by atomic mass is 10.3. The molecule has 4 nitrogen and oxygen atoms in total. The number of ether oxygens (including phenoxy) is 1. The quantitative estimate of drug-likeness (QED) is 0.321. The molecule has 0 unspecified atom stereocenters. The Kier molecular flexibility index (Phi) is 5.05. The second kappa shape index (κ2) is 6.61. The van der Waals surface area contributed by atoms with Gasteiger partial charge in [0.15, 0.2) is 0 Å². The molecular weight excluding hydrogens is 202 g/mol. The second-order valence-corrected chi connectivity index (χ2v) is 3.49. The Morgan fingerprint density at radius 3 is 3.06 bits per heavy atom. The van der Waals surface area contributed by atoms with Crippen LogP contribution in [0.4, 0.5) is 0 Å². The molecule has 1 rings (SSSR count). The SMILES string of the molecule is C=CC(=N)CC=COCCn1cc[n+](C)c1. The third-order valence-electron chi connectivity index (χ3n) is 2.07. The van der Waals surface area contributed by atoms with Crippen LogP contribution in [0.3, 0.4) is 0 Å². The molecule has 0 aromatic carbocycles. The predicted molar refractivity (Wildman–Crippen MR) is 63.2 cm³/mol. The monoisotopic (exact) mass is 220 g/mol. The molecule has 0 saturated heterocycles. The van der Waals surface area contributed by atoms with E-state index >= 15 is 0 Å². The highest BCUT2D eigenvalue weighted by Gasteiger charge is 1.97. The molecule has 0 amide bonds. The van der Waals surface area contributed by atoms with Crippen molar-refractivity contribution in [3.63, 3.8) is 0 Å². The lowest BCUT2D eigenvalue weighted by Crippen LogP contribution is -2.24. The number of nitrogens with one attached hydrogen (secondary N) is 1. The summed E-state index contributed by atoms with van der Waals surface area (Å²) >= 11 is 0. The van der Waals surface area contributed by atoms with Gasteiger partial charge in [0.1, 0.15) is 25.5 Å². The molecule has 1 aromatic heterocycles. The van der Waals surface area contributed by atoms with Gasteiger partial charge in [-0.2, -0.15) is 0 Å². The third kappa shape index (κ3) is 4.59. The molecule has 4 heteroatoms. The van der Waals surface area contributed by atoms with Crippen LogP contribution in [-0.4, -0.2) is 16.9 Å². The van der Waals surface area contributed by atoms with Crippen molar-refractivity contribution < 1.29 is 9.30 Å². The average Bonchev–Trinajstić information content (AvgIpc) is 2.69. The predicted octanol–water partition coefficient (Wildman–Crippen LogP) is 1.44. The van der Waals surface area contributed by atoms with Crippen molar-refractivity contribution in [3.05, 3.63) is 43.7 Å². The van der Waals surface area contributed by atoms with Crippen LogP contribution in [0.5, 0.6) is 0 Å². The van der Waals surface area contributed by atoms with E-state index in [2.05, 4.69) is 11.1 Å². The molecule has 0 fully saturated rings. The van der Waals surface area contributed by atoms with Gasteiger partial charge in [-0.05, 0) is 12.2 Å². The molecule has 0 atom stereocenters. The first kappa shape index (κ1) is 12.2. The maximum atomic E-state index is 7.32. The van der Waals surface area contributed by atoms with Gasteiger partial charge in [0.05, 0.1) is 13.3 Å². The van der Waals surface area contributed by atoms with E-state index in [1.54, 1.807) is 6.26 Å². The second-order valence-electron chi connectivity index (χ2n) is 3.49. The fraction of sp³-hybridized carbons (Fsp3) is 0.333. The van der Waals surface area contributed by atoms with E-state index in [0.29, 0.717) is 18.7 Å². The van der Waals surface area contributed by atoms with Crippen LogP contribution in [0.25, 0.3) is 0 Å². The minimum atomic E-state index is 0.497. The van der Waals surface area contributed by atoms with Gasteiger partial charge in [-0.3, -0.25) is 0 Å². The Morgan fingerprint density at radius 1 is 1.62 bits per heavy atom. The molecule has 1 heterocycles. The van der Waals surface area contributed by atoms with Crippen molar-refractivity contribution in [1.29, 1.82) is 5.41 Å². The Morgan fingerprint density at radius 2 is 2.44 bits per heavy atom. The first-order chi connectivity index (χ1) is 7.72. The van der Waals surface area contributed by atoms with Gasteiger partial charge in [-0.15, -0.1) is 0 Å². The number of imidazole rings is 1. The zero-order valence-electron chi connectivity index (χ0n) is 9.60. The zero-order chi connectivity index (χ0) is 11.8. The van der Waals surface area contributed by atoms with Crippen molar-refractivity contribution in [2.24, 2.45) is 7.05 Å². The molecular formula is C12H18N3O+. The van der Waals surface area contributed by atoms with Gasteiger partial charge in [0.25, 0.3) is 0 Å². The van der Waals surface area contributed by atoms with Gasteiger partial charge in [-0.1, -0.05) is 6.58 Å². The Balaban J connectivity index is 2.12. The van der Waals surface area contributed by atoms with E-state index in [4.69, 9.17) is 10.1 Å². The maximum absolute atomic E-state index is 7.32. The van der Waals surface area contributed by atoms with Gasteiger partial charge in [0, 0.05) is 12.1 Å². The number of rotatable bonds is 7. The van der Waals surface area contributed by atoms with Crippen LogP contribution in [-0.2, 0) is 18.3 Å². The molecule has 16 heavy (non-hydrogen) atoms. The number of hydrogen-bond acceptors (Lipinski definition) is 2. The highest BCUT2D eigenvalue weighted by Crippen LogP contribution is 1.90. The van der Waals surface area contributed by atoms with Crippen molar-refractivity contribution in [2.45, 2.75) is 13.0 Å². The summed E-state index contributed by atoms with van der Waals surface area (Å²) in [7, 11) is 1.98. The van der Waals surface area contributed by atoms with E-state index in [9.17, 15) is 0 Å². The van der Waals surface area contributed by atoms with Crippen LogP contribution in [0.2, 0.25) is 0 Å². The highest BCUT2D eigenvalue weighted by atomic mass is 16.5. The van der Waals surface area contributed by atoms with Gasteiger partial charge in [-0.25, -0.2) is 9.13 Å². The Hall–Kier alpha value is -1.84. The summed E-state index contributed by atoms with van der Waals surface area (Å²) in [5.41, 5.74) is 0.497. The minimum Gasteiger partial charge on any atom is -0.497 e. The third-order valence-corrected chi connectivity index (χ3v) is 2.07. The van der Waals surface area contributed by atoms with Crippen LogP contribution in [0, 0.1) is 5.41 Å². The summed E-state index contributed by atoms with van der Waals surface area (Å²) in [6, 6.07) is 0. The van der Waals surface area contributed by atoms with Gasteiger partial charge in [0.2, 0.25) is 6.33 Å². The summed E-state index contributed by atoms with van der Waals surface area (Å²) in [6.07, 6.45) is 11.6. The molecule has 0 radical (unpaired) electrons. The van der Waals surface area contributed by atoms with Crippen molar-refractivity contribution in [2.75, 3.05) is 6.61 Å². The lowest BCUT2D eigenvalue weighted by molar-refractivity contribution is -0.671. The number of allylic oxidation sites excluding steroid dienone is 2. The molecule has 0 aliphatic heterocycles. The fourth-order valence-corrected chi connectivity index (χ4v) is 1.19. The van der Waals surface area contributed by atoms with E-state index in [1.165, 1.54) is 6.08 Å². The summed E-state index contributed by atoms with van der Waals surface area (Å²) in [5, 5.41) is 7.32. The van der Waals surface area contributed by atoms with Gasteiger partial charge >= 0.3 is 0 Å².